The van der Waals surface area contributed by atoms with Crippen LogP contribution >= 0.6 is 15.9 Å². The van der Waals surface area contributed by atoms with E-state index in [1.807, 2.05) is 44.2 Å². The second-order valence-electron chi connectivity index (χ2n) is 5.38. The van der Waals surface area contributed by atoms with Gasteiger partial charge in [-0.05, 0) is 64.0 Å². The Bertz CT molecular complexity index is 948. The van der Waals surface area contributed by atoms with Crippen molar-refractivity contribution in [2.45, 2.75) is 20.5 Å². The summed E-state index contributed by atoms with van der Waals surface area (Å²) >= 11 is 3.33. The molecule has 0 unspecified atom stereocenters. The summed E-state index contributed by atoms with van der Waals surface area (Å²) < 4.78 is 9.14. The molecule has 0 saturated carbocycles. The highest BCUT2D eigenvalue weighted by Crippen LogP contribution is 2.23. The molecule has 3 rings (SSSR count). The molecule has 0 amide bonds. The van der Waals surface area contributed by atoms with Crippen molar-refractivity contribution < 1.29 is 4.74 Å². The molecule has 0 spiro atoms. The number of rotatable bonds is 4. The fraction of sp³-hybridized carbons (Fsp3) is 0.250. The van der Waals surface area contributed by atoms with Crippen LogP contribution in [0.3, 0.4) is 0 Å². The second kappa shape index (κ2) is 6.56. The Morgan fingerprint density at radius 1 is 1.17 bits per heavy atom. The number of aromatic nitrogens is 5. The molecule has 0 aliphatic rings. The van der Waals surface area contributed by atoms with E-state index in [9.17, 15) is 4.79 Å². The Hall–Kier alpha value is -2.48. The second-order valence-corrected chi connectivity index (χ2v) is 6.19. The van der Waals surface area contributed by atoms with Gasteiger partial charge >= 0.3 is 5.69 Å². The van der Waals surface area contributed by atoms with Crippen molar-refractivity contribution in [1.29, 1.82) is 0 Å². The topological polar surface area (TPSA) is 74.8 Å². The molecule has 2 aromatic heterocycles. The van der Waals surface area contributed by atoms with Crippen LogP contribution in [0, 0.1) is 13.8 Å². The van der Waals surface area contributed by atoms with Gasteiger partial charge in [0, 0.05) is 12.6 Å². The molecule has 3 aromatic rings. The molecule has 0 fully saturated rings. The zero-order chi connectivity index (χ0) is 17.3. The SMILES string of the molecule is Cc1cccc(-n2nnn(C)c2=O)c1COc1ccc(Br)nc1C. The van der Waals surface area contributed by atoms with Gasteiger partial charge < -0.3 is 4.74 Å². The van der Waals surface area contributed by atoms with Crippen LogP contribution in [0.15, 0.2) is 39.7 Å². The number of hydrogen-bond acceptors (Lipinski definition) is 5. The van der Waals surface area contributed by atoms with Crippen LogP contribution in [-0.4, -0.2) is 24.8 Å². The molecule has 0 atom stereocenters. The molecular formula is C16H16BrN5O2. The third-order valence-corrected chi connectivity index (χ3v) is 4.15. The Kier molecular flexibility index (Phi) is 4.48. The monoisotopic (exact) mass is 389 g/mol. The fourth-order valence-corrected chi connectivity index (χ4v) is 2.76. The normalized spacial score (nSPS) is 10.8. The van der Waals surface area contributed by atoms with Crippen LogP contribution in [0.1, 0.15) is 16.8 Å². The van der Waals surface area contributed by atoms with E-state index in [4.69, 9.17) is 4.74 Å². The van der Waals surface area contributed by atoms with Crippen LogP contribution in [-0.2, 0) is 13.7 Å². The van der Waals surface area contributed by atoms with E-state index in [0.717, 1.165) is 21.4 Å². The molecule has 8 heteroatoms. The molecule has 2 heterocycles. The fourth-order valence-electron chi connectivity index (χ4n) is 2.36. The van der Waals surface area contributed by atoms with E-state index in [0.29, 0.717) is 18.0 Å². The maximum Gasteiger partial charge on any atom is 0.368 e. The summed E-state index contributed by atoms with van der Waals surface area (Å²) in [7, 11) is 1.56. The predicted molar refractivity (Wildman–Crippen MR) is 92.3 cm³/mol. The summed E-state index contributed by atoms with van der Waals surface area (Å²) in [5.41, 5.74) is 3.03. The minimum atomic E-state index is -0.302. The van der Waals surface area contributed by atoms with Gasteiger partial charge in [-0.2, -0.15) is 9.36 Å². The van der Waals surface area contributed by atoms with Crippen molar-refractivity contribution in [3.05, 3.63) is 62.2 Å². The van der Waals surface area contributed by atoms with Gasteiger partial charge in [0.1, 0.15) is 17.0 Å². The van der Waals surface area contributed by atoms with Crippen molar-refractivity contribution in [2.75, 3.05) is 0 Å². The van der Waals surface area contributed by atoms with Crippen LogP contribution in [0.4, 0.5) is 0 Å². The lowest BCUT2D eigenvalue weighted by atomic mass is 10.1. The minimum Gasteiger partial charge on any atom is -0.487 e. The molecule has 0 radical (unpaired) electrons. The molecule has 1 aromatic carbocycles. The van der Waals surface area contributed by atoms with E-state index >= 15 is 0 Å². The Morgan fingerprint density at radius 3 is 2.62 bits per heavy atom. The molecule has 7 nitrogen and oxygen atoms in total. The maximum atomic E-state index is 12.1. The summed E-state index contributed by atoms with van der Waals surface area (Å²) in [5, 5.41) is 7.68. The predicted octanol–water partition coefficient (Wildman–Crippen LogP) is 2.32. The lowest BCUT2D eigenvalue weighted by Crippen LogP contribution is -2.23. The van der Waals surface area contributed by atoms with Crippen LogP contribution in [0.25, 0.3) is 5.69 Å². The molecular weight excluding hydrogens is 374 g/mol. The quantitative estimate of drug-likeness (QED) is 0.640. The van der Waals surface area contributed by atoms with Crippen molar-refractivity contribution in [3.8, 4) is 11.4 Å². The number of pyridine rings is 1. The third kappa shape index (κ3) is 3.09. The van der Waals surface area contributed by atoms with Crippen molar-refractivity contribution in [1.82, 2.24) is 24.8 Å². The molecule has 0 aliphatic heterocycles. The molecule has 0 saturated heterocycles. The molecule has 0 N–H and O–H groups in total. The number of aryl methyl sites for hydroxylation is 3. The first-order valence-electron chi connectivity index (χ1n) is 7.31. The number of nitrogens with zero attached hydrogens (tertiary/aromatic N) is 5. The Balaban J connectivity index is 1.96. The largest absolute Gasteiger partial charge is 0.487 e. The first-order chi connectivity index (χ1) is 11.5. The zero-order valence-corrected chi connectivity index (χ0v) is 15.1. The lowest BCUT2D eigenvalue weighted by Gasteiger charge is -2.14. The highest BCUT2D eigenvalue weighted by Gasteiger charge is 2.14. The number of hydrogen-bond donors (Lipinski definition) is 0. The first kappa shape index (κ1) is 16.4. The molecule has 24 heavy (non-hydrogen) atoms. The number of tetrazole rings is 1. The first-order valence-corrected chi connectivity index (χ1v) is 8.10. The number of benzene rings is 1. The maximum absolute atomic E-state index is 12.1. The van der Waals surface area contributed by atoms with E-state index < -0.39 is 0 Å². The van der Waals surface area contributed by atoms with Crippen LogP contribution in [0.2, 0.25) is 0 Å². The molecule has 0 aliphatic carbocycles. The summed E-state index contributed by atoms with van der Waals surface area (Å²) in [4.78, 5) is 16.5. The van der Waals surface area contributed by atoms with Gasteiger partial charge in [0.2, 0.25) is 0 Å². The van der Waals surface area contributed by atoms with E-state index in [-0.39, 0.29) is 5.69 Å². The van der Waals surface area contributed by atoms with Crippen LogP contribution in [0.5, 0.6) is 5.75 Å². The number of ether oxygens (including phenoxy) is 1. The van der Waals surface area contributed by atoms with Gasteiger partial charge in [-0.15, -0.1) is 0 Å². The average molecular weight is 390 g/mol. The van der Waals surface area contributed by atoms with Gasteiger partial charge in [-0.25, -0.2) is 9.78 Å². The van der Waals surface area contributed by atoms with Gasteiger partial charge in [0.25, 0.3) is 0 Å². The number of halogens is 1. The van der Waals surface area contributed by atoms with E-state index in [1.54, 1.807) is 7.05 Å². The molecule has 0 bridgehead atoms. The summed E-state index contributed by atoms with van der Waals surface area (Å²) in [6, 6.07) is 9.36. The third-order valence-electron chi connectivity index (χ3n) is 3.71. The van der Waals surface area contributed by atoms with Crippen molar-refractivity contribution >= 4 is 15.9 Å². The van der Waals surface area contributed by atoms with Gasteiger partial charge in [-0.3, -0.25) is 0 Å². The highest BCUT2D eigenvalue weighted by atomic mass is 79.9. The average Bonchev–Trinajstić information content (AvgIpc) is 2.87. The zero-order valence-electron chi connectivity index (χ0n) is 13.5. The standard InChI is InChI=1S/C16H16BrN5O2/c1-10-5-4-6-13(22-16(23)21(3)19-20-22)12(10)9-24-14-7-8-15(17)18-11(14)2/h4-8H,9H2,1-3H3. The van der Waals surface area contributed by atoms with Crippen LogP contribution < -0.4 is 10.4 Å². The van der Waals surface area contributed by atoms with Crippen molar-refractivity contribution in [3.63, 3.8) is 0 Å². The minimum absolute atomic E-state index is 0.301. The van der Waals surface area contributed by atoms with E-state index in [2.05, 4.69) is 31.3 Å². The Morgan fingerprint density at radius 2 is 1.96 bits per heavy atom. The molecule has 124 valence electrons. The van der Waals surface area contributed by atoms with E-state index in [1.165, 1.54) is 9.36 Å². The summed E-state index contributed by atoms with van der Waals surface area (Å²) in [6.45, 7) is 4.15. The Labute approximate surface area is 147 Å². The van der Waals surface area contributed by atoms with Gasteiger partial charge in [0.15, 0.2) is 0 Å². The van der Waals surface area contributed by atoms with Crippen molar-refractivity contribution in [2.24, 2.45) is 7.05 Å². The lowest BCUT2D eigenvalue weighted by molar-refractivity contribution is 0.301. The summed E-state index contributed by atoms with van der Waals surface area (Å²) in [5.74, 6) is 0.693. The van der Waals surface area contributed by atoms with Gasteiger partial charge in [0.05, 0.1) is 11.4 Å². The van der Waals surface area contributed by atoms with Gasteiger partial charge in [-0.1, -0.05) is 12.1 Å². The summed E-state index contributed by atoms with van der Waals surface area (Å²) in [6.07, 6.45) is 0. The smallest absolute Gasteiger partial charge is 0.368 e. The highest BCUT2D eigenvalue weighted by molar-refractivity contribution is 9.10.